The molecule has 1 heterocycles. The fourth-order valence-corrected chi connectivity index (χ4v) is 4.26. The zero-order chi connectivity index (χ0) is 24.6. The molecule has 0 bridgehead atoms. The number of ketones is 1. The van der Waals surface area contributed by atoms with E-state index >= 15 is 0 Å². The van der Waals surface area contributed by atoms with Crippen molar-refractivity contribution in [3.63, 3.8) is 0 Å². The van der Waals surface area contributed by atoms with Crippen LogP contribution in [0.5, 0.6) is 11.5 Å². The molecule has 1 amide bonds. The van der Waals surface area contributed by atoms with E-state index in [1.807, 2.05) is 19.1 Å². The van der Waals surface area contributed by atoms with Gasteiger partial charge in [0.05, 0.1) is 18.2 Å². The van der Waals surface area contributed by atoms with Crippen LogP contribution >= 0.6 is 11.6 Å². The summed E-state index contributed by atoms with van der Waals surface area (Å²) in [6.45, 7) is 5.77. The first kappa shape index (κ1) is 23.4. The van der Waals surface area contributed by atoms with E-state index < -0.39 is 17.7 Å². The van der Waals surface area contributed by atoms with Crippen molar-refractivity contribution in [1.82, 2.24) is 0 Å². The minimum absolute atomic E-state index is 0.0543. The first-order valence-corrected chi connectivity index (χ1v) is 11.2. The molecule has 1 fully saturated rings. The number of aromatic hydroxyl groups is 1. The van der Waals surface area contributed by atoms with Crippen molar-refractivity contribution < 1.29 is 24.5 Å². The maximum Gasteiger partial charge on any atom is 0.300 e. The zero-order valence-electron chi connectivity index (χ0n) is 19.0. The number of nitrogens with zero attached hydrogens (tertiary/aromatic N) is 1. The van der Waals surface area contributed by atoms with Gasteiger partial charge < -0.3 is 14.9 Å². The van der Waals surface area contributed by atoms with E-state index in [1.165, 1.54) is 11.0 Å². The number of ether oxygens (including phenoxy) is 1. The summed E-state index contributed by atoms with van der Waals surface area (Å²) >= 11 is 6.33. The Hall–Kier alpha value is -3.77. The van der Waals surface area contributed by atoms with E-state index in [4.69, 9.17) is 16.3 Å². The summed E-state index contributed by atoms with van der Waals surface area (Å²) in [5.74, 6) is -1.73. The van der Waals surface area contributed by atoms with Crippen LogP contribution in [0.1, 0.15) is 35.2 Å². The Bertz CT molecular complexity index is 1310. The first-order valence-electron chi connectivity index (χ1n) is 10.8. The Labute approximate surface area is 202 Å². The van der Waals surface area contributed by atoms with Crippen molar-refractivity contribution in [2.24, 2.45) is 0 Å². The number of carbonyl (C=O) groups is 2. The van der Waals surface area contributed by atoms with E-state index in [2.05, 4.69) is 0 Å². The van der Waals surface area contributed by atoms with E-state index in [-0.39, 0.29) is 22.8 Å². The molecule has 34 heavy (non-hydrogen) atoms. The molecule has 1 aliphatic heterocycles. The van der Waals surface area contributed by atoms with Crippen molar-refractivity contribution in [3.05, 3.63) is 93.5 Å². The molecule has 3 aromatic rings. The molecule has 1 atom stereocenters. The van der Waals surface area contributed by atoms with Gasteiger partial charge in [0.15, 0.2) is 11.5 Å². The van der Waals surface area contributed by atoms with Gasteiger partial charge in [0.2, 0.25) is 0 Å². The highest BCUT2D eigenvalue weighted by molar-refractivity contribution is 6.52. The standard InChI is InChI=1S/C27H24ClNO5/c1-4-34-22-14-18(12-13-21(22)30)24-23(25(31)17-10-8-15(2)9-11-17)26(32)27(33)29(24)20-7-5-6-19(28)16(20)3/h5-14,24,30-31H,4H2,1-3H3/b25-23+. The normalized spacial score (nSPS) is 17.3. The van der Waals surface area contributed by atoms with Crippen molar-refractivity contribution >= 4 is 34.7 Å². The Morgan fingerprint density at radius 1 is 1.06 bits per heavy atom. The second-order valence-electron chi connectivity index (χ2n) is 8.08. The fourth-order valence-electron chi connectivity index (χ4n) is 4.09. The van der Waals surface area contributed by atoms with Crippen LogP contribution in [0.3, 0.4) is 0 Å². The number of aryl methyl sites for hydroxylation is 1. The molecular formula is C27H24ClNO5. The monoisotopic (exact) mass is 477 g/mol. The molecule has 2 N–H and O–H groups in total. The average Bonchev–Trinajstić information content (AvgIpc) is 3.08. The first-order chi connectivity index (χ1) is 16.2. The number of hydrogen-bond donors (Lipinski definition) is 2. The zero-order valence-corrected chi connectivity index (χ0v) is 19.8. The van der Waals surface area contributed by atoms with Gasteiger partial charge in [-0.2, -0.15) is 0 Å². The Kier molecular flexibility index (Phi) is 6.35. The summed E-state index contributed by atoms with van der Waals surface area (Å²) in [5, 5.41) is 21.9. The number of phenols is 1. The Balaban J connectivity index is 1.99. The van der Waals surface area contributed by atoms with Crippen LogP contribution in [0, 0.1) is 13.8 Å². The number of benzene rings is 3. The molecule has 3 aromatic carbocycles. The lowest BCUT2D eigenvalue weighted by Gasteiger charge is -2.27. The molecule has 0 radical (unpaired) electrons. The lowest BCUT2D eigenvalue weighted by molar-refractivity contribution is -0.132. The number of phenolic OH excluding ortho intramolecular Hbond substituents is 1. The summed E-state index contributed by atoms with van der Waals surface area (Å²) in [6.07, 6.45) is 0. The maximum atomic E-state index is 13.3. The van der Waals surface area contributed by atoms with Gasteiger partial charge in [0.25, 0.3) is 11.7 Å². The van der Waals surface area contributed by atoms with Crippen LogP contribution in [0.15, 0.2) is 66.2 Å². The number of halogens is 1. The second kappa shape index (κ2) is 9.23. The molecule has 1 unspecified atom stereocenters. The van der Waals surface area contributed by atoms with Crippen molar-refractivity contribution in [1.29, 1.82) is 0 Å². The largest absolute Gasteiger partial charge is 0.507 e. The van der Waals surface area contributed by atoms with Gasteiger partial charge in [-0.3, -0.25) is 14.5 Å². The number of carbonyl (C=O) groups excluding carboxylic acids is 2. The Morgan fingerprint density at radius 3 is 2.44 bits per heavy atom. The molecule has 7 heteroatoms. The number of anilines is 1. The second-order valence-corrected chi connectivity index (χ2v) is 8.49. The van der Waals surface area contributed by atoms with E-state index in [0.717, 1.165) is 5.56 Å². The minimum atomic E-state index is -0.960. The third kappa shape index (κ3) is 4.01. The van der Waals surface area contributed by atoms with Gasteiger partial charge >= 0.3 is 0 Å². The van der Waals surface area contributed by atoms with Crippen molar-refractivity contribution in [3.8, 4) is 11.5 Å². The van der Waals surface area contributed by atoms with Crippen LogP contribution in [-0.2, 0) is 9.59 Å². The topological polar surface area (TPSA) is 87.1 Å². The molecule has 1 aliphatic rings. The van der Waals surface area contributed by atoms with Gasteiger partial charge in [0.1, 0.15) is 5.76 Å². The van der Waals surface area contributed by atoms with Crippen LogP contribution in [-0.4, -0.2) is 28.5 Å². The number of aliphatic hydroxyl groups is 1. The quantitative estimate of drug-likeness (QED) is 0.280. The third-order valence-corrected chi connectivity index (χ3v) is 6.28. The predicted molar refractivity (Wildman–Crippen MR) is 131 cm³/mol. The lowest BCUT2D eigenvalue weighted by Crippen LogP contribution is -2.30. The fraction of sp³-hybridized carbons (Fsp3) is 0.185. The molecular weight excluding hydrogens is 454 g/mol. The molecule has 0 saturated carbocycles. The third-order valence-electron chi connectivity index (χ3n) is 5.87. The number of amides is 1. The highest BCUT2D eigenvalue weighted by Gasteiger charge is 2.47. The lowest BCUT2D eigenvalue weighted by atomic mass is 9.94. The average molecular weight is 478 g/mol. The molecule has 0 aliphatic carbocycles. The summed E-state index contributed by atoms with van der Waals surface area (Å²) < 4.78 is 5.53. The highest BCUT2D eigenvalue weighted by atomic mass is 35.5. The summed E-state index contributed by atoms with van der Waals surface area (Å²) in [6, 6.07) is 15.8. The summed E-state index contributed by atoms with van der Waals surface area (Å²) in [4.78, 5) is 28.0. The van der Waals surface area contributed by atoms with Gasteiger partial charge in [-0.1, -0.05) is 53.6 Å². The summed E-state index contributed by atoms with van der Waals surface area (Å²) in [5.41, 5.74) is 2.92. The van der Waals surface area contributed by atoms with E-state index in [9.17, 15) is 19.8 Å². The molecule has 1 saturated heterocycles. The van der Waals surface area contributed by atoms with Gasteiger partial charge in [-0.25, -0.2) is 0 Å². The number of Topliss-reactive ketones (excluding diaryl/α,β-unsaturated/α-hetero) is 1. The van der Waals surface area contributed by atoms with Crippen LogP contribution in [0.4, 0.5) is 5.69 Å². The van der Waals surface area contributed by atoms with Crippen molar-refractivity contribution in [2.75, 3.05) is 11.5 Å². The Morgan fingerprint density at radius 2 is 1.76 bits per heavy atom. The molecule has 0 aromatic heterocycles. The number of aliphatic hydroxyl groups excluding tert-OH is 1. The van der Waals surface area contributed by atoms with Crippen LogP contribution in [0.25, 0.3) is 5.76 Å². The smallest absolute Gasteiger partial charge is 0.300 e. The predicted octanol–water partition coefficient (Wildman–Crippen LogP) is 5.69. The van der Waals surface area contributed by atoms with Crippen molar-refractivity contribution in [2.45, 2.75) is 26.8 Å². The van der Waals surface area contributed by atoms with Gasteiger partial charge in [-0.15, -0.1) is 0 Å². The summed E-state index contributed by atoms with van der Waals surface area (Å²) in [7, 11) is 0. The van der Waals surface area contributed by atoms with Gasteiger partial charge in [0, 0.05) is 16.3 Å². The maximum absolute atomic E-state index is 13.3. The van der Waals surface area contributed by atoms with E-state index in [0.29, 0.717) is 34.0 Å². The van der Waals surface area contributed by atoms with Crippen LogP contribution in [0.2, 0.25) is 5.02 Å². The van der Waals surface area contributed by atoms with Crippen LogP contribution < -0.4 is 9.64 Å². The molecule has 0 spiro atoms. The minimum Gasteiger partial charge on any atom is -0.507 e. The molecule has 6 nitrogen and oxygen atoms in total. The molecule has 4 rings (SSSR count). The SMILES string of the molecule is CCOc1cc(C2/C(=C(\O)c3ccc(C)cc3)C(=O)C(=O)N2c2cccc(Cl)c2C)ccc1O. The van der Waals surface area contributed by atoms with E-state index in [1.54, 1.807) is 56.3 Å². The highest BCUT2D eigenvalue weighted by Crippen LogP contribution is 2.45. The number of hydrogen-bond acceptors (Lipinski definition) is 5. The van der Waals surface area contributed by atoms with Gasteiger partial charge in [-0.05, 0) is 56.2 Å². The number of rotatable bonds is 5. The molecule has 174 valence electrons.